The number of hydrogen-bond donors (Lipinski definition) is 0. The average Bonchev–Trinajstić information content (AvgIpc) is 3.64. The molecule has 7 rings (SSSR count). The molecule has 1 aliphatic heterocycles. The van der Waals surface area contributed by atoms with Crippen LogP contribution in [-0.4, -0.2) is 31.0 Å². The third-order valence-electron chi connectivity index (χ3n) is 6.37. The van der Waals surface area contributed by atoms with E-state index in [0.29, 0.717) is 26.8 Å². The van der Waals surface area contributed by atoms with Gasteiger partial charge >= 0.3 is 0 Å². The van der Waals surface area contributed by atoms with Gasteiger partial charge in [-0.15, -0.1) is 5.10 Å². The van der Waals surface area contributed by atoms with E-state index in [0.717, 1.165) is 22.5 Å². The summed E-state index contributed by atoms with van der Waals surface area (Å²) in [7, 11) is 0. The third kappa shape index (κ3) is 3.93. The van der Waals surface area contributed by atoms with Gasteiger partial charge in [-0.3, -0.25) is 4.79 Å². The molecule has 0 saturated heterocycles. The Labute approximate surface area is 221 Å². The first-order valence-electron chi connectivity index (χ1n) is 12.1. The van der Waals surface area contributed by atoms with Gasteiger partial charge in [-0.25, -0.2) is 4.68 Å². The molecule has 1 aliphatic rings. The molecule has 8 nitrogen and oxygen atoms in total. The number of aromatic nitrogens is 5. The molecule has 0 spiro atoms. The molecule has 0 aliphatic carbocycles. The van der Waals surface area contributed by atoms with Gasteiger partial charge < -0.3 is 9.47 Å². The Hall–Kier alpha value is -4.76. The van der Waals surface area contributed by atoms with Crippen molar-refractivity contribution in [1.29, 1.82) is 0 Å². The first-order valence-corrected chi connectivity index (χ1v) is 13.0. The molecule has 3 aromatic heterocycles. The predicted octanol–water partition coefficient (Wildman–Crippen LogP) is 4.37. The zero-order chi connectivity index (χ0) is 25.6. The molecule has 186 valence electrons. The smallest absolute Gasteiger partial charge is 0.291 e. The predicted molar refractivity (Wildman–Crippen MR) is 145 cm³/mol. The molecule has 0 N–H and O–H groups in total. The highest BCUT2D eigenvalue weighted by Crippen LogP contribution is 2.35. The van der Waals surface area contributed by atoms with E-state index in [2.05, 4.69) is 29.1 Å². The van der Waals surface area contributed by atoms with Crippen LogP contribution in [0.5, 0.6) is 11.5 Å². The second-order valence-corrected chi connectivity index (χ2v) is 10.0. The summed E-state index contributed by atoms with van der Waals surface area (Å²) >= 11 is 1.29. The summed E-state index contributed by atoms with van der Waals surface area (Å²) in [6.45, 7) is 2.33. The van der Waals surface area contributed by atoms with E-state index < -0.39 is 6.10 Å². The van der Waals surface area contributed by atoms with Gasteiger partial charge in [0.15, 0.2) is 23.4 Å². The van der Waals surface area contributed by atoms with Crippen molar-refractivity contribution in [2.45, 2.75) is 13.0 Å². The minimum atomic E-state index is -0.485. The number of para-hydroxylation sites is 3. The molecule has 0 fully saturated rings. The SMILES string of the molecule is Cc1ccc(-c2nn(-c3ccccc3)cc2/C=c2\sc3nc(C4COc5ccccc5O4)nn3c2=O)cc1. The van der Waals surface area contributed by atoms with Crippen LogP contribution in [-0.2, 0) is 0 Å². The van der Waals surface area contributed by atoms with Crippen LogP contribution in [0.4, 0.5) is 0 Å². The number of aryl methyl sites for hydroxylation is 1. The second kappa shape index (κ2) is 8.97. The highest BCUT2D eigenvalue weighted by molar-refractivity contribution is 7.15. The van der Waals surface area contributed by atoms with Crippen LogP contribution in [0, 0.1) is 6.92 Å². The van der Waals surface area contributed by atoms with Crippen LogP contribution < -0.4 is 19.6 Å². The number of benzene rings is 3. The molecular formula is C29H21N5O3S. The van der Waals surface area contributed by atoms with Crippen molar-refractivity contribution in [3.8, 4) is 28.4 Å². The summed E-state index contributed by atoms with van der Waals surface area (Å²) in [5.74, 6) is 1.75. The fraction of sp³-hybridized carbons (Fsp3) is 0.103. The lowest BCUT2D eigenvalue weighted by molar-refractivity contribution is 0.0852. The molecule has 1 unspecified atom stereocenters. The van der Waals surface area contributed by atoms with E-state index in [-0.39, 0.29) is 12.2 Å². The molecule has 0 saturated carbocycles. The van der Waals surface area contributed by atoms with Crippen molar-refractivity contribution in [3.63, 3.8) is 0 Å². The fourth-order valence-electron chi connectivity index (χ4n) is 4.41. The number of fused-ring (bicyclic) bond motifs is 2. The van der Waals surface area contributed by atoms with Crippen LogP contribution in [0.3, 0.4) is 0 Å². The van der Waals surface area contributed by atoms with Crippen molar-refractivity contribution >= 4 is 22.4 Å². The molecule has 9 heteroatoms. The van der Waals surface area contributed by atoms with Crippen molar-refractivity contribution in [2.24, 2.45) is 0 Å². The summed E-state index contributed by atoms with van der Waals surface area (Å²) in [6.07, 6.45) is 3.32. The van der Waals surface area contributed by atoms with Gasteiger partial charge in [0.05, 0.1) is 15.9 Å². The van der Waals surface area contributed by atoms with Crippen molar-refractivity contribution in [3.05, 3.63) is 117 Å². The lowest BCUT2D eigenvalue weighted by atomic mass is 10.1. The highest BCUT2D eigenvalue weighted by Gasteiger charge is 2.27. The average molecular weight is 520 g/mol. The zero-order valence-corrected chi connectivity index (χ0v) is 21.1. The Morgan fingerprint density at radius 1 is 0.947 bits per heavy atom. The fourth-order valence-corrected chi connectivity index (χ4v) is 5.32. The molecular weight excluding hydrogens is 498 g/mol. The van der Waals surface area contributed by atoms with E-state index in [1.807, 2.05) is 83.7 Å². The number of hydrogen-bond acceptors (Lipinski definition) is 7. The van der Waals surface area contributed by atoms with E-state index in [9.17, 15) is 4.79 Å². The standard InChI is InChI=1S/C29H21N5O3S/c1-18-11-13-19(14-12-18)26-20(16-33(31-26)21-7-3-2-4-8-21)15-25-28(35)34-29(38-25)30-27(32-34)24-17-36-22-9-5-6-10-23(22)37-24/h2-16,24H,17H2,1H3/b25-15-. The summed E-state index contributed by atoms with van der Waals surface area (Å²) in [4.78, 5) is 18.4. The van der Waals surface area contributed by atoms with Crippen molar-refractivity contribution < 1.29 is 9.47 Å². The minimum Gasteiger partial charge on any atom is -0.485 e. The van der Waals surface area contributed by atoms with Gasteiger partial charge in [-0.2, -0.15) is 14.6 Å². The highest BCUT2D eigenvalue weighted by atomic mass is 32.1. The van der Waals surface area contributed by atoms with Crippen LogP contribution >= 0.6 is 11.3 Å². The van der Waals surface area contributed by atoms with Gasteiger partial charge in [0.1, 0.15) is 6.61 Å². The Balaban J connectivity index is 1.29. The maximum absolute atomic E-state index is 13.3. The molecule has 38 heavy (non-hydrogen) atoms. The Kier molecular flexibility index (Phi) is 5.29. The van der Waals surface area contributed by atoms with E-state index >= 15 is 0 Å². The number of rotatable bonds is 4. The van der Waals surface area contributed by atoms with Crippen LogP contribution in [0.1, 0.15) is 23.1 Å². The summed E-state index contributed by atoms with van der Waals surface area (Å²) in [5, 5.41) is 9.33. The van der Waals surface area contributed by atoms with Crippen LogP contribution in [0.25, 0.3) is 28.0 Å². The number of thiazole rings is 1. The largest absolute Gasteiger partial charge is 0.485 e. The second-order valence-electron chi connectivity index (χ2n) is 9.02. The first kappa shape index (κ1) is 22.4. The Morgan fingerprint density at radius 2 is 1.71 bits per heavy atom. The molecule has 4 heterocycles. The quantitative estimate of drug-likeness (QED) is 0.344. The normalized spacial score (nSPS) is 15.3. The lowest BCUT2D eigenvalue weighted by Crippen LogP contribution is -2.26. The van der Waals surface area contributed by atoms with Gasteiger partial charge in [0.2, 0.25) is 4.96 Å². The maximum Gasteiger partial charge on any atom is 0.291 e. The Bertz CT molecular complexity index is 1890. The monoisotopic (exact) mass is 519 g/mol. The zero-order valence-electron chi connectivity index (χ0n) is 20.3. The molecule has 3 aromatic carbocycles. The minimum absolute atomic E-state index is 0.233. The van der Waals surface area contributed by atoms with Gasteiger partial charge in [0.25, 0.3) is 5.56 Å². The number of nitrogens with zero attached hydrogens (tertiary/aromatic N) is 5. The van der Waals surface area contributed by atoms with E-state index in [1.54, 1.807) is 0 Å². The molecule has 0 amide bonds. The summed E-state index contributed by atoms with van der Waals surface area (Å²) in [6, 6.07) is 25.6. The topological polar surface area (TPSA) is 83.5 Å². The van der Waals surface area contributed by atoms with Gasteiger partial charge in [0, 0.05) is 17.3 Å². The van der Waals surface area contributed by atoms with Gasteiger partial charge in [-0.05, 0) is 37.3 Å². The lowest BCUT2D eigenvalue weighted by Gasteiger charge is -2.24. The van der Waals surface area contributed by atoms with Crippen LogP contribution in [0.15, 0.2) is 89.9 Å². The third-order valence-corrected chi connectivity index (χ3v) is 7.33. The van der Waals surface area contributed by atoms with Crippen molar-refractivity contribution in [1.82, 2.24) is 24.4 Å². The van der Waals surface area contributed by atoms with Crippen molar-refractivity contribution in [2.75, 3.05) is 6.61 Å². The summed E-state index contributed by atoms with van der Waals surface area (Å²) < 4.78 is 15.5. The summed E-state index contributed by atoms with van der Waals surface area (Å²) in [5.41, 5.74) is 4.47. The Morgan fingerprint density at radius 3 is 2.50 bits per heavy atom. The molecule has 1 atom stereocenters. The molecule has 0 bridgehead atoms. The van der Waals surface area contributed by atoms with Crippen LogP contribution in [0.2, 0.25) is 0 Å². The van der Waals surface area contributed by atoms with Gasteiger partial charge in [-0.1, -0.05) is 71.5 Å². The van der Waals surface area contributed by atoms with E-state index in [1.165, 1.54) is 21.4 Å². The first-order chi connectivity index (χ1) is 18.6. The molecule has 6 aromatic rings. The number of ether oxygens (including phenoxy) is 2. The van der Waals surface area contributed by atoms with E-state index in [4.69, 9.17) is 14.6 Å². The molecule has 0 radical (unpaired) electrons. The maximum atomic E-state index is 13.3.